The lowest BCUT2D eigenvalue weighted by Crippen LogP contribution is -2.11. The van der Waals surface area contributed by atoms with Gasteiger partial charge in [-0.05, 0) is 46.5 Å². The van der Waals surface area contributed by atoms with Crippen LogP contribution in [0.5, 0.6) is 0 Å². The molecule has 0 bridgehead atoms. The molecule has 6 nitrogen and oxygen atoms in total. The van der Waals surface area contributed by atoms with Crippen molar-refractivity contribution in [3.05, 3.63) is 44.1 Å². The molecule has 0 aliphatic carbocycles. The average Bonchev–Trinajstić information content (AvgIpc) is 2.36. The van der Waals surface area contributed by atoms with Crippen LogP contribution in [0.25, 0.3) is 0 Å². The number of halogens is 1. The zero-order valence-electron chi connectivity index (χ0n) is 8.75. The first-order valence-corrected chi connectivity index (χ1v) is 6.58. The summed E-state index contributed by atoms with van der Waals surface area (Å²) in [6, 6.07) is 3.03. The third kappa shape index (κ3) is 2.88. The predicted molar refractivity (Wildman–Crippen MR) is 72.9 cm³/mol. The zero-order chi connectivity index (χ0) is 13.1. The van der Waals surface area contributed by atoms with E-state index in [4.69, 9.17) is 5.11 Å². The van der Waals surface area contributed by atoms with Gasteiger partial charge in [-0.1, -0.05) is 0 Å². The van der Waals surface area contributed by atoms with Gasteiger partial charge in [0.25, 0.3) is 5.56 Å². The van der Waals surface area contributed by atoms with E-state index in [1.165, 1.54) is 30.4 Å². The van der Waals surface area contributed by atoms with Gasteiger partial charge in [0, 0.05) is 6.20 Å². The number of aromatic amines is 1. The van der Waals surface area contributed by atoms with Crippen LogP contribution < -0.4 is 5.56 Å². The van der Waals surface area contributed by atoms with Gasteiger partial charge >= 0.3 is 5.97 Å². The van der Waals surface area contributed by atoms with E-state index in [0.29, 0.717) is 13.6 Å². The Morgan fingerprint density at radius 1 is 1.39 bits per heavy atom. The summed E-state index contributed by atoms with van der Waals surface area (Å²) in [4.78, 5) is 32.5. The van der Waals surface area contributed by atoms with E-state index in [1.807, 2.05) is 22.6 Å². The minimum Gasteiger partial charge on any atom is -0.478 e. The van der Waals surface area contributed by atoms with Gasteiger partial charge in [0.2, 0.25) is 0 Å². The molecule has 8 heteroatoms. The number of nitrogens with zero attached hydrogens (tertiary/aromatic N) is 2. The van der Waals surface area contributed by atoms with Crippen molar-refractivity contribution < 1.29 is 9.90 Å². The molecule has 0 spiro atoms. The number of hydrogen-bond acceptors (Lipinski definition) is 5. The molecule has 2 N–H and O–H groups in total. The van der Waals surface area contributed by atoms with E-state index in [0.717, 1.165) is 0 Å². The van der Waals surface area contributed by atoms with E-state index in [-0.39, 0.29) is 11.1 Å². The first kappa shape index (κ1) is 13.0. The molecule has 2 heterocycles. The van der Waals surface area contributed by atoms with Gasteiger partial charge < -0.3 is 10.1 Å². The van der Waals surface area contributed by atoms with Gasteiger partial charge in [-0.2, -0.15) is 0 Å². The quantitative estimate of drug-likeness (QED) is 0.625. The van der Waals surface area contributed by atoms with Crippen molar-refractivity contribution in [2.75, 3.05) is 0 Å². The number of pyridine rings is 1. The number of rotatable bonds is 3. The molecule has 2 rings (SSSR count). The summed E-state index contributed by atoms with van der Waals surface area (Å²) in [5, 5.41) is 9.86. The smallest absolute Gasteiger partial charge is 0.337 e. The Morgan fingerprint density at radius 3 is 2.78 bits per heavy atom. The number of carboxylic acids is 1. The number of hydrogen-bond donors (Lipinski definition) is 2. The molecule has 0 saturated heterocycles. The van der Waals surface area contributed by atoms with E-state index in [1.54, 1.807) is 6.07 Å². The highest BCUT2D eigenvalue weighted by Crippen LogP contribution is 2.25. The van der Waals surface area contributed by atoms with E-state index in [9.17, 15) is 9.59 Å². The number of H-pyrrole nitrogens is 1. The van der Waals surface area contributed by atoms with Crippen LogP contribution in [0.2, 0.25) is 0 Å². The molecule has 0 radical (unpaired) electrons. The van der Waals surface area contributed by atoms with E-state index < -0.39 is 5.97 Å². The van der Waals surface area contributed by atoms with Gasteiger partial charge in [-0.3, -0.25) is 4.79 Å². The SMILES string of the molecule is O=C(O)c1ccc(Sc2nc[nH]c(=O)c2I)nc1. The van der Waals surface area contributed by atoms with Gasteiger partial charge in [-0.25, -0.2) is 14.8 Å². The number of carboxylic acid groups (broad SMARTS) is 1. The van der Waals surface area contributed by atoms with Crippen LogP contribution >= 0.6 is 34.4 Å². The number of nitrogens with one attached hydrogen (secondary N) is 1. The molecule has 2 aromatic rings. The van der Waals surface area contributed by atoms with Crippen LogP contribution in [0.3, 0.4) is 0 Å². The van der Waals surface area contributed by atoms with Crippen molar-refractivity contribution in [1.29, 1.82) is 0 Å². The maximum atomic E-state index is 11.4. The van der Waals surface area contributed by atoms with Gasteiger partial charge in [0.1, 0.15) is 13.6 Å². The molecule has 0 aliphatic heterocycles. The molecular weight excluding hydrogens is 369 g/mol. The lowest BCUT2D eigenvalue weighted by atomic mass is 10.3. The molecule has 2 aromatic heterocycles. The van der Waals surface area contributed by atoms with Gasteiger partial charge in [0.15, 0.2) is 0 Å². The Kier molecular flexibility index (Phi) is 3.97. The highest BCUT2D eigenvalue weighted by molar-refractivity contribution is 14.1. The lowest BCUT2D eigenvalue weighted by molar-refractivity contribution is 0.0696. The molecule has 0 aromatic carbocycles. The molecule has 0 atom stereocenters. The fourth-order valence-corrected chi connectivity index (χ4v) is 2.46. The summed E-state index contributed by atoms with van der Waals surface area (Å²) in [6.07, 6.45) is 2.59. The van der Waals surface area contributed by atoms with Gasteiger partial charge in [-0.15, -0.1) is 0 Å². The third-order valence-electron chi connectivity index (χ3n) is 1.95. The fourth-order valence-electron chi connectivity index (χ4n) is 1.10. The molecule has 92 valence electrons. The van der Waals surface area contributed by atoms with E-state index >= 15 is 0 Å². The van der Waals surface area contributed by atoms with Crippen LogP contribution in [0.15, 0.2) is 39.5 Å². The zero-order valence-corrected chi connectivity index (χ0v) is 11.7. The van der Waals surface area contributed by atoms with Crippen molar-refractivity contribution in [1.82, 2.24) is 15.0 Å². The minimum absolute atomic E-state index is 0.118. The largest absolute Gasteiger partial charge is 0.478 e. The Bertz CT molecular complexity index is 642. The number of aromatic carboxylic acids is 1. The Labute approximate surface area is 119 Å². The van der Waals surface area contributed by atoms with Gasteiger partial charge in [0.05, 0.1) is 11.9 Å². The Hall–Kier alpha value is -1.42. The summed E-state index contributed by atoms with van der Waals surface area (Å²) in [6.45, 7) is 0. The predicted octanol–water partition coefficient (Wildman–Crippen LogP) is 1.62. The maximum Gasteiger partial charge on any atom is 0.337 e. The summed E-state index contributed by atoms with van der Waals surface area (Å²) in [5.41, 5.74) is -0.0943. The van der Waals surface area contributed by atoms with Crippen molar-refractivity contribution in [3.8, 4) is 0 Å². The standard InChI is InChI=1S/C10H6IN3O3S/c11-7-8(15)13-4-14-9(7)18-6-2-1-5(3-12-6)10(16)17/h1-4H,(H,16,17)(H,13,14,15). The first-order chi connectivity index (χ1) is 8.58. The van der Waals surface area contributed by atoms with Crippen LogP contribution in [0.1, 0.15) is 10.4 Å². The summed E-state index contributed by atoms with van der Waals surface area (Å²) in [7, 11) is 0. The minimum atomic E-state index is -1.03. The fraction of sp³-hybridized carbons (Fsp3) is 0. The molecule has 0 aliphatic rings. The molecular formula is C10H6IN3O3S. The van der Waals surface area contributed by atoms with Crippen LogP contribution in [-0.2, 0) is 0 Å². The second-order valence-electron chi connectivity index (χ2n) is 3.14. The molecule has 18 heavy (non-hydrogen) atoms. The third-order valence-corrected chi connectivity index (χ3v) is 4.27. The summed E-state index contributed by atoms with van der Waals surface area (Å²) in [5.74, 6) is -1.03. The first-order valence-electron chi connectivity index (χ1n) is 4.68. The van der Waals surface area contributed by atoms with Crippen LogP contribution in [0, 0.1) is 3.57 Å². The normalized spacial score (nSPS) is 10.3. The highest BCUT2D eigenvalue weighted by atomic mass is 127. The summed E-state index contributed by atoms with van der Waals surface area (Å²) >= 11 is 3.11. The lowest BCUT2D eigenvalue weighted by Gasteiger charge is -2.01. The molecule has 0 amide bonds. The second-order valence-corrected chi connectivity index (χ2v) is 5.23. The Morgan fingerprint density at radius 2 is 2.17 bits per heavy atom. The average molecular weight is 375 g/mol. The second kappa shape index (κ2) is 5.48. The summed E-state index contributed by atoms with van der Waals surface area (Å²) < 4.78 is 0.476. The topological polar surface area (TPSA) is 95.9 Å². The monoisotopic (exact) mass is 375 g/mol. The van der Waals surface area contributed by atoms with Crippen molar-refractivity contribution in [2.24, 2.45) is 0 Å². The number of carbonyl (C=O) groups is 1. The maximum absolute atomic E-state index is 11.4. The van der Waals surface area contributed by atoms with Crippen molar-refractivity contribution in [3.63, 3.8) is 0 Å². The van der Waals surface area contributed by atoms with Crippen molar-refractivity contribution >= 4 is 40.3 Å². The highest BCUT2D eigenvalue weighted by Gasteiger charge is 2.09. The molecule has 0 saturated carbocycles. The Balaban J connectivity index is 2.26. The number of aromatic nitrogens is 3. The molecule has 0 unspecified atom stereocenters. The molecule has 0 fully saturated rings. The van der Waals surface area contributed by atoms with Crippen LogP contribution in [-0.4, -0.2) is 26.0 Å². The van der Waals surface area contributed by atoms with Crippen molar-refractivity contribution in [2.45, 2.75) is 10.1 Å². The van der Waals surface area contributed by atoms with Crippen LogP contribution in [0.4, 0.5) is 0 Å². The van der Waals surface area contributed by atoms with E-state index in [2.05, 4.69) is 15.0 Å².